The minimum Gasteiger partial charge on any atom is -0.497 e. The van der Waals surface area contributed by atoms with Gasteiger partial charge in [0.25, 0.3) is 0 Å². The van der Waals surface area contributed by atoms with Crippen molar-refractivity contribution < 1.29 is 17.9 Å². The maximum Gasteiger partial charge on any atom is 0.243 e. The van der Waals surface area contributed by atoms with Crippen molar-refractivity contribution >= 4 is 37.5 Å². The molecule has 4 rings (SSSR count). The Morgan fingerprint density at radius 1 is 1.17 bits per heavy atom. The summed E-state index contributed by atoms with van der Waals surface area (Å²) in [5.41, 5.74) is 0.934. The number of carbonyl (C=O) groups excluding carboxylic acids is 1. The van der Waals surface area contributed by atoms with Gasteiger partial charge in [-0.25, -0.2) is 13.4 Å². The van der Waals surface area contributed by atoms with Crippen molar-refractivity contribution in [3.05, 3.63) is 53.5 Å². The molecule has 1 aliphatic rings. The molecule has 0 atom stereocenters. The number of piperidine rings is 1. The number of ether oxygens (including phenoxy) is 1. The number of aromatic nitrogens is 1. The first kappa shape index (κ1) is 20.8. The molecule has 2 aromatic carbocycles. The van der Waals surface area contributed by atoms with Crippen LogP contribution in [0.3, 0.4) is 0 Å². The van der Waals surface area contributed by atoms with Gasteiger partial charge < -0.3 is 10.1 Å². The molecule has 7 nitrogen and oxygen atoms in total. The van der Waals surface area contributed by atoms with Gasteiger partial charge in [0.15, 0.2) is 0 Å². The van der Waals surface area contributed by atoms with Crippen molar-refractivity contribution in [2.24, 2.45) is 5.92 Å². The van der Waals surface area contributed by atoms with Crippen LogP contribution in [0, 0.1) is 5.92 Å². The zero-order chi connectivity index (χ0) is 21.1. The number of thiazole rings is 1. The lowest BCUT2D eigenvalue weighted by atomic mass is 9.97. The summed E-state index contributed by atoms with van der Waals surface area (Å²) in [6, 6.07) is 14.2. The third kappa shape index (κ3) is 4.33. The van der Waals surface area contributed by atoms with Gasteiger partial charge in [-0.05, 0) is 49.2 Å². The Balaban J connectivity index is 1.32. The summed E-state index contributed by atoms with van der Waals surface area (Å²) < 4.78 is 33.3. The second-order valence-corrected chi connectivity index (χ2v) is 10.2. The number of methoxy groups -OCH3 is 1. The number of hydrogen-bond donors (Lipinski definition) is 1. The molecule has 2 heterocycles. The largest absolute Gasteiger partial charge is 0.497 e. The van der Waals surface area contributed by atoms with E-state index in [9.17, 15) is 13.2 Å². The molecule has 1 saturated heterocycles. The molecule has 0 saturated carbocycles. The van der Waals surface area contributed by atoms with Crippen LogP contribution < -0.4 is 10.1 Å². The van der Waals surface area contributed by atoms with Gasteiger partial charge in [-0.15, -0.1) is 11.3 Å². The number of benzene rings is 2. The lowest BCUT2D eigenvalue weighted by molar-refractivity contribution is -0.126. The van der Waals surface area contributed by atoms with E-state index in [4.69, 9.17) is 4.74 Å². The van der Waals surface area contributed by atoms with Crippen molar-refractivity contribution in [3.63, 3.8) is 0 Å². The first-order valence-electron chi connectivity index (χ1n) is 9.74. The lowest BCUT2D eigenvalue weighted by Crippen LogP contribution is -2.42. The predicted molar refractivity (Wildman–Crippen MR) is 116 cm³/mol. The van der Waals surface area contributed by atoms with Gasteiger partial charge in [0, 0.05) is 19.0 Å². The van der Waals surface area contributed by atoms with Gasteiger partial charge >= 0.3 is 0 Å². The van der Waals surface area contributed by atoms with Crippen LogP contribution in [0.15, 0.2) is 53.4 Å². The molecule has 1 aromatic heterocycles. The fourth-order valence-electron chi connectivity index (χ4n) is 3.56. The van der Waals surface area contributed by atoms with Crippen molar-refractivity contribution in [2.45, 2.75) is 24.3 Å². The maximum absolute atomic E-state index is 12.8. The van der Waals surface area contributed by atoms with E-state index in [1.54, 1.807) is 35.6 Å². The lowest BCUT2D eigenvalue weighted by Gasteiger charge is -2.30. The normalized spacial score (nSPS) is 15.9. The number of para-hydroxylation sites is 1. The Hall–Kier alpha value is -2.49. The minimum atomic E-state index is -3.57. The van der Waals surface area contributed by atoms with Crippen molar-refractivity contribution in [2.75, 3.05) is 20.2 Å². The highest BCUT2D eigenvalue weighted by molar-refractivity contribution is 7.89. The molecule has 3 aromatic rings. The van der Waals surface area contributed by atoms with E-state index in [0.29, 0.717) is 38.2 Å². The van der Waals surface area contributed by atoms with Crippen LogP contribution in [0.4, 0.5) is 0 Å². The zero-order valence-corrected chi connectivity index (χ0v) is 18.2. The first-order chi connectivity index (χ1) is 14.5. The monoisotopic (exact) mass is 445 g/mol. The third-order valence-corrected chi connectivity index (χ3v) is 8.22. The van der Waals surface area contributed by atoms with E-state index in [2.05, 4.69) is 10.3 Å². The first-order valence-corrected chi connectivity index (χ1v) is 12.0. The SMILES string of the molecule is COc1ccc(S(=O)(=O)N2CCC(C(=O)NCc3nc4ccccc4s3)CC2)cc1. The van der Waals surface area contributed by atoms with Gasteiger partial charge in [0.1, 0.15) is 10.8 Å². The van der Waals surface area contributed by atoms with Crippen LogP contribution in [-0.2, 0) is 21.4 Å². The number of rotatable bonds is 6. The minimum absolute atomic E-state index is 0.0456. The van der Waals surface area contributed by atoms with E-state index in [0.717, 1.165) is 15.2 Å². The van der Waals surface area contributed by atoms with Crippen LogP contribution in [0.2, 0.25) is 0 Å². The quantitative estimate of drug-likeness (QED) is 0.630. The number of hydrogen-bond acceptors (Lipinski definition) is 6. The Bertz CT molecular complexity index is 1100. The summed E-state index contributed by atoms with van der Waals surface area (Å²) in [6.07, 6.45) is 1.00. The van der Waals surface area contributed by atoms with Gasteiger partial charge in [-0.2, -0.15) is 4.31 Å². The summed E-state index contributed by atoms with van der Waals surface area (Å²) >= 11 is 1.57. The molecule has 0 spiro atoms. The molecular weight excluding hydrogens is 422 g/mol. The average molecular weight is 446 g/mol. The Labute approximate surface area is 179 Å². The molecule has 0 aliphatic carbocycles. The number of nitrogens with zero attached hydrogens (tertiary/aromatic N) is 2. The molecule has 1 fully saturated rings. The summed E-state index contributed by atoms with van der Waals surface area (Å²) in [7, 11) is -2.03. The van der Waals surface area contributed by atoms with Crippen LogP contribution in [0.1, 0.15) is 17.8 Å². The highest BCUT2D eigenvalue weighted by Crippen LogP contribution is 2.26. The molecule has 158 valence electrons. The van der Waals surface area contributed by atoms with Gasteiger partial charge in [0.05, 0.1) is 28.8 Å². The Kier molecular flexibility index (Phi) is 6.03. The van der Waals surface area contributed by atoms with E-state index in [1.807, 2.05) is 24.3 Å². The van der Waals surface area contributed by atoms with Crippen molar-refractivity contribution in [1.82, 2.24) is 14.6 Å². The highest BCUT2D eigenvalue weighted by atomic mass is 32.2. The van der Waals surface area contributed by atoms with Crippen LogP contribution in [-0.4, -0.2) is 43.8 Å². The third-order valence-electron chi connectivity index (χ3n) is 5.27. The second-order valence-electron chi connectivity index (χ2n) is 7.15. The van der Waals surface area contributed by atoms with E-state index >= 15 is 0 Å². The Morgan fingerprint density at radius 3 is 2.53 bits per heavy atom. The van der Waals surface area contributed by atoms with Crippen molar-refractivity contribution in [1.29, 1.82) is 0 Å². The molecular formula is C21H23N3O4S2. The summed E-state index contributed by atoms with van der Waals surface area (Å²) in [6.45, 7) is 1.05. The summed E-state index contributed by atoms with van der Waals surface area (Å²) in [5.74, 6) is 0.370. The number of amides is 1. The number of sulfonamides is 1. The van der Waals surface area contributed by atoms with Gasteiger partial charge in [-0.1, -0.05) is 12.1 Å². The second kappa shape index (κ2) is 8.71. The predicted octanol–water partition coefficient (Wildman–Crippen LogP) is 3.02. The van der Waals surface area contributed by atoms with Crippen molar-refractivity contribution in [3.8, 4) is 5.75 Å². The topological polar surface area (TPSA) is 88.6 Å². The molecule has 0 radical (unpaired) electrons. The maximum atomic E-state index is 12.8. The fraction of sp³-hybridized carbons (Fsp3) is 0.333. The number of nitrogens with one attached hydrogen (secondary N) is 1. The van der Waals surface area contributed by atoms with E-state index in [-0.39, 0.29) is 16.7 Å². The molecule has 1 amide bonds. The van der Waals surface area contributed by atoms with Gasteiger partial charge in [0.2, 0.25) is 15.9 Å². The fourth-order valence-corrected chi connectivity index (χ4v) is 5.93. The summed E-state index contributed by atoms with van der Waals surface area (Å²) in [4.78, 5) is 17.3. The molecule has 9 heteroatoms. The van der Waals surface area contributed by atoms with E-state index in [1.165, 1.54) is 11.4 Å². The molecule has 1 aliphatic heterocycles. The standard InChI is InChI=1S/C21H23N3O4S2/c1-28-16-6-8-17(9-7-16)30(26,27)24-12-10-15(11-13-24)21(25)22-14-20-23-18-4-2-3-5-19(18)29-20/h2-9,15H,10-14H2,1H3,(H,22,25). The summed E-state index contributed by atoms with van der Waals surface area (Å²) in [5, 5.41) is 3.82. The Morgan fingerprint density at radius 2 is 1.87 bits per heavy atom. The smallest absolute Gasteiger partial charge is 0.243 e. The van der Waals surface area contributed by atoms with Crippen LogP contribution >= 0.6 is 11.3 Å². The number of carbonyl (C=O) groups is 1. The van der Waals surface area contributed by atoms with Gasteiger partial charge in [-0.3, -0.25) is 4.79 Å². The average Bonchev–Trinajstić information content (AvgIpc) is 3.20. The van der Waals surface area contributed by atoms with E-state index < -0.39 is 10.0 Å². The molecule has 1 N–H and O–H groups in total. The zero-order valence-electron chi connectivity index (χ0n) is 16.6. The number of fused-ring (bicyclic) bond motifs is 1. The molecule has 0 bridgehead atoms. The van der Waals surface area contributed by atoms with Crippen LogP contribution in [0.5, 0.6) is 5.75 Å². The van der Waals surface area contributed by atoms with Crippen LogP contribution in [0.25, 0.3) is 10.2 Å². The molecule has 0 unspecified atom stereocenters. The highest BCUT2D eigenvalue weighted by Gasteiger charge is 2.32. The molecule has 30 heavy (non-hydrogen) atoms.